The Bertz CT molecular complexity index is 830. The van der Waals surface area contributed by atoms with Gasteiger partial charge in [-0.25, -0.2) is 0 Å². The SMILES string of the molecule is O=C(CC(Sc1ccccc1)C(=O)c1ccccc1)c1ccccc1. The smallest absolute Gasteiger partial charge is 0.176 e. The van der Waals surface area contributed by atoms with E-state index < -0.39 is 5.25 Å². The Morgan fingerprint density at radius 3 is 1.72 bits per heavy atom. The van der Waals surface area contributed by atoms with E-state index in [1.807, 2.05) is 66.7 Å². The van der Waals surface area contributed by atoms with Gasteiger partial charge in [0.25, 0.3) is 0 Å². The molecule has 0 aromatic heterocycles. The minimum atomic E-state index is -0.447. The topological polar surface area (TPSA) is 34.1 Å². The van der Waals surface area contributed by atoms with E-state index in [2.05, 4.69) is 0 Å². The number of thioether (sulfide) groups is 1. The van der Waals surface area contributed by atoms with Gasteiger partial charge in [-0.3, -0.25) is 9.59 Å². The molecule has 124 valence electrons. The summed E-state index contributed by atoms with van der Waals surface area (Å²) in [4.78, 5) is 26.5. The normalized spacial score (nSPS) is 11.7. The van der Waals surface area contributed by atoms with Crippen molar-refractivity contribution < 1.29 is 9.59 Å². The van der Waals surface area contributed by atoms with Crippen molar-refractivity contribution in [1.82, 2.24) is 0 Å². The van der Waals surface area contributed by atoms with Gasteiger partial charge in [0.05, 0.1) is 5.25 Å². The van der Waals surface area contributed by atoms with Crippen molar-refractivity contribution in [2.24, 2.45) is 0 Å². The van der Waals surface area contributed by atoms with Crippen molar-refractivity contribution in [3.63, 3.8) is 0 Å². The second-order valence-electron chi connectivity index (χ2n) is 5.64. The van der Waals surface area contributed by atoms with Crippen LogP contribution in [0.5, 0.6) is 0 Å². The molecule has 0 bridgehead atoms. The Labute approximate surface area is 151 Å². The third kappa shape index (κ3) is 4.68. The first-order chi connectivity index (χ1) is 12.2. The molecule has 3 heteroatoms. The summed E-state index contributed by atoms with van der Waals surface area (Å²) in [5.41, 5.74) is 1.28. The summed E-state index contributed by atoms with van der Waals surface area (Å²) in [6.45, 7) is 0. The van der Waals surface area contributed by atoms with Crippen LogP contribution in [0.3, 0.4) is 0 Å². The fraction of sp³-hybridized carbons (Fsp3) is 0.0909. The monoisotopic (exact) mass is 346 g/mol. The summed E-state index contributed by atoms with van der Waals surface area (Å²) in [6, 6.07) is 28.0. The summed E-state index contributed by atoms with van der Waals surface area (Å²) in [5, 5.41) is -0.447. The van der Waals surface area contributed by atoms with E-state index in [-0.39, 0.29) is 18.0 Å². The van der Waals surface area contributed by atoms with Gasteiger partial charge in [-0.2, -0.15) is 0 Å². The van der Waals surface area contributed by atoms with Crippen LogP contribution < -0.4 is 0 Å². The summed E-state index contributed by atoms with van der Waals surface area (Å²) >= 11 is 1.44. The lowest BCUT2D eigenvalue weighted by atomic mass is 10.0. The standard InChI is InChI=1S/C22H18O2S/c23-20(17-10-4-1-5-11-17)16-21(25-19-14-8-3-9-15-19)22(24)18-12-6-2-7-13-18/h1-15,21H,16H2. The van der Waals surface area contributed by atoms with E-state index in [0.29, 0.717) is 11.1 Å². The molecular formula is C22H18O2S. The molecule has 1 unspecified atom stereocenters. The highest BCUT2D eigenvalue weighted by Gasteiger charge is 2.24. The predicted molar refractivity (Wildman–Crippen MR) is 102 cm³/mol. The molecule has 0 aliphatic carbocycles. The number of hydrogen-bond donors (Lipinski definition) is 0. The fourth-order valence-corrected chi connectivity index (χ4v) is 3.67. The highest BCUT2D eigenvalue weighted by atomic mass is 32.2. The van der Waals surface area contributed by atoms with Crippen molar-refractivity contribution in [3.05, 3.63) is 102 Å². The van der Waals surface area contributed by atoms with Gasteiger partial charge in [-0.05, 0) is 12.1 Å². The summed E-state index contributed by atoms with van der Waals surface area (Å²) in [6.07, 6.45) is 0.178. The first kappa shape index (κ1) is 17.2. The van der Waals surface area contributed by atoms with Gasteiger partial charge >= 0.3 is 0 Å². The number of carbonyl (C=O) groups is 2. The van der Waals surface area contributed by atoms with Crippen LogP contribution in [-0.2, 0) is 0 Å². The molecule has 0 aliphatic heterocycles. The third-order valence-corrected chi connectivity index (χ3v) is 5.05. The average molecular weight is 346 g/mol. The fourth-order valence-electron chi connectivity index (χ4n) is 2.55. The predicted octanol–water partition coefficient (Wildman–Crippen LogP) is 5.30. The van der Waals surface area contributed by atoms with E-state index in [0.717, 1.165) is 4.90 Å². The molecule has 3 rings (SSSR count). The summed E-state index contributed by atoms with van der Waals surface area (Å²) in [7, 11) is 0. The van der Waals surface area contributed by atoms with Gasteiger partial charge in [0, 0.05) is 22.4 Å². The number of rotatable bonds is 7. The summed E-state index contributed by atoms with van der Waals surface area (Å²) in [5.74, 6) is -0.0305. The Hall–Kier alpha value is -2.65. The van der Waals surface area contributed by atoms with E-state index in [1.165, 1.54) is 11.8 Å². The van der Waals surface area contributed by atoms with E-state index in [4.69, 9.17) is 0 Å². The van der Waals surface area contributed by atoms with Crippen molar-refractivity contribution in [2.75, 3.05) is 0 Å². The van der Waals surface area contributed by atoms with Crippen LogP contribution in [-0.4, -0.2) is 16.8 Å². The number of ketones is 2. The zero-order valence-electron chi connectivity index (χ0n) is 13.7. The van der Waals surface area contributed by atoms with Crippen molar-refractivity contribution in [1.29, 1.82) is 0 Å². The number of hydrogen-bond acceptors (Lipinski definition) is 3. The summed E-state index contributed by atoms with van der Waals surface area (Å²) < 4.78 is 0. The average Bonchev–Trinajstić information content (AvgIpc) is 2.69. The van der Waals surface area contributed by atoms with Crippen LogP contribution in [0.15, 0.2) is 95.9 Å². The van der Waals surface area contributed by atoms with Crippen LogP contribution in [0, 0.1) is 0 Å². The molecule has 0 spiro atoms. The van der Waals surface area contributed by atoms with Gasteiger partial charge in [0.1, 0.15) is 0 Å². The molecule has 0 saturated heterocycles. The molecule has 0 heterocycles. The first-order valence-electron chi connectivity index (χ1n) is 8.13. The highest BCUT2D eigenvalue weighted by Crippen LogP contribution is 2.29. The maximum Gasteiger partial charge on any atom is 0.176 e. The van der Waals surface area contributed by atoms with Crippen molar-refractivity contribution in [2.45, 2.75) is 16.6 Å². The van der Waals surface area contributed by atoms with E-state index in [9.17, 15) is 9.59 Å². The Kier molecular flexibility index (Phi) is 5.81. The van der Waals surface area contributed by atoms with Gasteiger partial charge in [-0.15, -0.1) is 11.8 Å². The molecule has 3 aromatic rings. The lowest BCUT2D eigenvalue weighted by Crippen LogP contribution is -2.21. The van der Waals surface area contributed by atoms with Gasteiger partial charge in [0.15, 0.2) is 11.6 Å². The quantitative estimate of drug-likeness (QED) is 0.430. The molecule has 0 amide bonds. The lowest BCUT2D eigenvalue weighted by Gasteiger charge is -2.15. The van der Waals surface area contributed by atoms with Crippen LogP contribution in [0.1, 0.15) is 27.1 Å². The van der Waals surface area contributed by atoms with Crippen LogP contribution >= 0.6 is 11.8 Å². The molecule has 3 aromatic carbocycles. The lowest BCUT2D eigenvalue weighted by molar-refractivity contribution is 0.0924. The Morgan fingerprint density at radius 1 is 0.680 bits per heavy atom. The number of carbonyl (C=O) groups excluding carboxylic acids is 2. The molecule has 0 N–H and O–H groups in total. The van der Waals surface area contributed by atoms with Crippen molar-refractivity contribution in [3.8, 4) is 0 Å². The molecule has 0 saturated carbocycles. The maximum atomic E-state index is 12.9. The Balaban J connectivity index is 1.83. The van der Waals surface area contributed by atoms with E-state index >= 15 is 0 Å². The third-order valence-electron chi connectivity index (χ3n) is 3.84. The minimum Gasteiger partial charge on any atom is -0.294 e. The minimum absolute atomic E-state index is 0.0151. The molecule has 0 radical (unpaired) electrons. The molecule has 25 heavy (non-hydrogen) atoms. The molecule has 0 aliphatic rings. The largest absolute Gasteiger partial charge is 0.294 e. The number of benzene rings is 3. The molecule has 0 fully saturated rings. The van der Waals surface area contributed by atoms with Gasteiger partial charge in [-0.1, -0.05) is 78.9 Å². The number of Topliss-reactive ketones (excluding diaryl/α,β-unsaturated/α-hetero) is 2. The van der Waals surface area contributed by atoms with E-state index in [1.54, 1.807) is 24.3 Å². The zero-order valence-corrected chi connectivity index (χ0v) is 14.5. The second-order valence-corrected chi connectivity index (χ2v) is 6.92. The maximum absolute atomic E-state index is 12.9. The second kappa shape index (κ2) is 8.45. The molecule has 1 atom stereocenters. The Morgan fingerprint density at radius 2 is 1.16 bits per heavy atom. The molecular weight excluding hydrogens is 328 g/mol. The van der Waals surface area contributed by atoms with Crippen LogP contribution in [0.2, 0.25) is 0 Å². The highest BCUT2D eigenvalue weighted by molar-refractivity contribution is 8.00. The van der Waals surface area contributed by atoms with Crippen molar-refractivity contribution >= 4 is 23.3 Å². The van der Waals surface area contributed by atoms with Gasteiger partial charge < -0.3 is 0 Å². The molecule has 2 nitrogen and oxygen atoms in total. The van der Waals surface area contributed by atoms with Crippen LogP contribution in [0.4, 0.5) is 0 Å². The zero-order chi connectivity index (χ0) is 17.5. The first-order valence-corrected chi connectivity index (χ1v) is 9.01. The van der Waals surface area contributed by atoms with Crippen LogP contribution in [0.25, 0.3) is 0 Å². The van der Waals surface area contributed by atoms with Gasteiger partial charge in [0.2, 0.25) is 0 Å².